The SMILES string of the molecule is CCOP(OCC)O/C(C)=C/C(C)=O. The fourth-order valence-corrected chi connectivity index (χ4v) is 1.62. The monoisotopic (exact) mass is 220 g/mol. The Bertz CT molecular complexity index is 197. The van der Waals surface area contributed by atoms with Crippen LogP contribution in [-0.4, -0.2) is 19.0 Å². The fourth-order valence-electron chi connectivity index (χ4n) is 0.731. The molecule has 0 aliphatic carbocycles. The Labute approximate surface area is 86.2 Å². The van der Waals surface area contributed by atoms with Crippen molar-refractivity contribution in [2.45, 2.75) is 27.7 Å². The molecule has 0 aromatic heterocycles. The van der Waals surface area contributed by atoms with Gasteiger partial charge in [0, 0.05) is 6.08 Å². The predicted molar refractivity (Wildman–Crippen MR) is 55.7 cm³/mol. The maximum Gasteiger partial charge on any atom is 0.396 e. The molecule has 0 aromatic carbocycles. The zero-order valence-corrected chi connectivity index (χ0v) is 9.97. The van der Waals surface area contributed by atoms with Crippen LogP contribution in [0, 0.1) is 0 Å². The molecule has 0 radical (unpaired) electrons. The molecule has 0 saturated carbocycles. The number of carbonyl (C=O) groups is 1. The van der Waals surface area contributed by atoms with Crippen molar-refractivity contribution < 1.29 is 18.4 Å². The van der Waals surface area contributed by atoms with Gasteiger partial charge in [-0.3, -0.25) is 4.79 Å². The lowest BCUT2D eigenvalue weighted by Gasteiger charge is -2.15. The molecule has 0 fully saturated rings. The van der Waals surface area contributed by atoms with Gasteiger partial charge in [0.25, 0.3) is 0 Å². The summed E-state index contributed by atoms with van der Waals surface area (Å²) in [5, 5.41) is 0. The third-order valence-electron chi connectivity index (χ3n) is 1.09. The standard InChI is InChI=1S/C9H17O4P/c1-5-11-14(12-6-2)13-9(4)7-8(3)10/h7H,5-6H2,1-4H3/b9-7+. The molecule has 14 heavy (non-hydrogen) atoms. The molecule has 0 saturated heterocycles. The summed E-state index contributed by atoms with van der Waals surface area (Å²) in [6, 6.07) is 0. The van der Waals surface area contributed by atoms with Gasteiger partial charge in [-0.1, -0.05) is 0 Å². The molecule has 5 heteroatoms. The third kappa shape index (κ3) is 7.01. The van der Waals surface area contributed by atoms with Gasteiger partial charge in [0.15, 0.2) is 5.78 Å². The van der Waals surface area contributed by atoms with Crippen LogP contribution in [0.5, 0.6) is 0 Å². The number of carbonyl (C=O) groups excluding carboxylic acids is 1. The molecule has 0 heterocycles. The first-order valence-electron chi connectivity index (χ1n) is 4.52. The van der Waals surface area contributed by atoms with E-state index >= 15 is 0 Å². The number of hydrogen-bond donors (Lipinski definition) is 0. The molecule has 0 N–H and O–H groups in total. The van der Waals surface area contributed by atoms with Gasteiger partial charge in [-0.15, -0.1) is 0 Å². The van der Waals surface area contributed by atoms with E-state index in [0.29, 0.717) is 19.0 Å². The maximum absolute atomic E-state index is 10.7. The van der Waals surface area contributed by atoms with Crippen molar-refractivity contribution in [3.63, 3.8) is 0 Å². The summed E-state index contributed by atoms with van der Waals surface area (Å²) in [4.78, 5) is 10.7. The van der Waals surface area contributed by atoms with Gasteiger partial charge in [-0.2, -0.15) is 0 Å². The van der Waals surface area contributed by atoms with Crippen LogP contribution in [0.3, 0.4) is 0 Å². The highest BCUT2D eigenvalue weighted by atomic mass is 31.2. The van der Waals surface area contributed by atoms with E-state index < -0.39 is 8.60 Å². The number of rotatable bonds is 7. The highest BCUT2D eigenvalue weighted by Crippen LogP contribution is 2.41. The Morgan fingerprint density at radius 3 is 2.07 bits per heavy atom. The molecule has 0 rings (SSSR count). The topological polar surface area (TPSA) is 44.8 Å². The van der Waals surface area contributed by atoms with Crippen LogP contribution in [0.4, 0.5) is 0 Å². The number of allylic oxidation sites excluding steroid dienone is 2. The fraction of sp³-hybridized carbons (Fsp3) is 0.667. The Hall–Kier alpha value is -0.440. The van der Waals surface area contributed by atoms with Crippen LogP contribution in [0.1, 0.15) is 27.7 Å². The van der Waals surface area contributed by atoms with E-state index in [9.17, 15) is 4.79 Å². The highest BCUT2D eigenvalue weighted by Gasteiger charge is 2.12. The molecule has 82 valence electrons. The zero-order chi connectivity index (χ0) is 11.0. The van der Waals surface area contributed by atoms with E-state index in [1.165, 1.54) is 13.0 Å². The molecular weight excluding hydrogens is 203 g/mol. The van der Waals surface area contributed by atoms with Crippen molar-refractivity contribution in [1.82, 2.24) is 0 Å². The number of ketones is 1. The summed E-state index contributed by atoms with van der Waals surface area (Å²) >= 11 is 0. The molecule has 0 aliphatic heterocycles. The Balaban J connectivity index is 4.07. The summed E-state index contributed by atoms with van der Waals surface area (Å²) in [5.74, 6) is 0.468. The zero-order valence-electron chi connectivity index (χ0n) is 9.07. The second-order valence-electron chi connectivity index (χ2n) is 2.52. The minimum atomic E-state index is -1.35. The maximum atomic E-state index is 10.7. The average molecular weight is 220 g/mol. The van der Waals surface area contributed by atoms with Crippen LogP contribution in [0.15, 0.2) is 11.8 Å². The third-order valence-corrected chi connectivity index (χ3v) is 2.47. The van der Waals surface area contributed by atoms with Gasteiger partial charge in [0.1, 0.15) is 5.76 Å². The Morgan fingerprint density at radius 1 is 1.21 bits per heavy atom. The minimum absolute atomic E-state index is 0.0505. The van der Waals surface area contributed by atoms with Gasteiger partial charge in [-0.25, -0.2) is 0 Å². The molecule has 0 amide bonds. The molecule has 0 bridgehead atoms. The Morgan fingerprint density at radius 2 is 1.71 bits per heavy atom. The van der Waals surface area contributed by atoms with Crippen molar-refractivity contribution in [3.8, 4) is 0 Å². The second kappa shape index (κ2) is 7.92. The van der Waals surface area contributed by atoms with E-state index in [1.807, 2.05) is 13.8 Å². The predicted octanol–water partition coefficient (Wildman–Crippen LogP) is 2.80. The molecule has 0 aromatic rings. The second-order valence-corrected chi connectivity index (χ2v) is 3.66. The summed E-state index contributed by atoms with van der Waals surface area (Å²) in [7, 11) is -1.35. The van der Waals surface area contributed by atoms with Gasteiger partial charge >= 0.3 is 8.60 Å². The van der Waals surface area contributed by atoms with Crippen molar-refractivity contribution in [2.24, 2.45) is 0 Å². The lowest BCUT2D eigenvalue weighted by atomic mass is 10.4. The summed E-state index contributed by atoms with van der Waals surface area (Å²) in [5.41, 5.74) is 0. The lowest BCUT2D eigenvalue weighted by molar-refractivity contribution is -0.112. The van der Waals surface area contributed by atoms with Crippen LogP contribution in [-0.2, 0) is 18.4 Å². The lowest BCUT2D eigenvalue weighted by Crippen LogP contribution is -1.95. The molecule has 4 nitrogen and oxygen atoms in total. The first-order valence-corrected chi connectivity index (χ1v) is 5.62. The summed E-state index contributed by atoms with van der Waals surface area (Å²) in [6.45, 7) is 7.95. The number of hydrogen-bond acceptors (Lipinski definition) is 4. The van der Waals surface area contributed by atoms with Crippen molar-refractivity contribution in [2.75, 3.05) is 13.2 Å². The largest absolute Gasteiger partial charge is 0.431 e. The first-order chi connectivity index (χ1) is 6.60. The van der Waals surface area contributed by atoms with Crippen LogP contribution in [0.25, 0.3) is 0 Å². The van der Waals surface area contributed by atoms with Crippen LogP contribution in [0.2, 0.25) is 0 Å². The van der Waals surface area contributed by atoms with Gasteiger partial charge in [0.05, 0.1) is 13.2 Å². The van der Waals surface area contributed by atoms with Crippen molar-refractivity contribution >= 4 is 14.4 Å². The van der Waals surface area contributed by atoms with E-state index in [4.69, 9.17) is 13.6 Å². The molecule has 0 atom stereocenters. The minimum Gasteiger partial charge on any atom is -0.431 e. The normalized spacial score (nSPS) is 11.9. The van der Waals surface area contributed by atoms with E-state index in [-0.39, 0.29) is 5.78 Å². The molecular formula is C9H17O4P. The van der Waals surface area contributed by atoms with Gasteiger partial charge < -0.3 is 13.6 Å². The smallest absolute Gasteiger partial charge is 0.396 e. The van der Waals surface area contributed by atoms with E-state index in [0.717, 1.165) is 0 Å². The van der Waals surface area contributed by atoms with E-state index in [1.54, 1.807) is 6.92 Å². The molecule has 0 unspecified atom stereocenters. The van der Waals surface area contributed by atoms with Crippen molar-refractivity contribution in [3.05, 3.63) is 11.8 Å². The summed E-state index contributed by atoms with van der Waals surface area (Å²) < 4.78 is 15.7. The molecule has 0 spiro atoms. The average Bonchev–Trinajstić information content (AvgIpc) is 2.03. The van der Waals surface area contributed by atoms with Gasteiger partial charge in [0.2, 0.25) is 0 Å². The Kier molecular flexibility index (Phi) is 7.67. The summed E-state index contributed by atoms with van der Waals surface area (Å²) in [6.07, 6.45) is 1.41. The van der Waals surface area contributed by atoms with E-state index in [2.05, 4.69) is 0 Å². The quantitative estimate of drug-likeness (QED) is 0.376. The van der Waals surface area contributed by atoms with Crippen LogP contribution < -0.4 is 0 Å². The van der Waals surface area contributed by atoms with Crippen LogP contribution >= 0.6 is 8.60 Å². The van der Waals surface area contributed by atoms with Crippen molar-refractivity contribution in [1.29, 1.82) is 0 Å². The first kappa shape index (κ1) is 13.6. The molecule has 0 aliphatic rings. The highest BCUT2D eigenvalue weighted by molar-refractivity contribution is 7.41. The van der Waals surface area contributed by atoms with Gasteiger partial charge in [-0.05, 0) is 27.7 Å².